The van der Waals surface area contributed by atoms with Gasteiger partial charge in [-0.2, -0.15) is 0 Å². The Kier molecular flexibility index (Phi) is 1.58. The molecule has 0 amide bonds. The molecular formula is C8H4F2N2O. The summed E-state index contributed by atoms with van der Waals surface area (Å²) in [4.78, 5) is 16.9. The maximum absolute atomic E-state index is 13.0. The van der Waals surface area contributed by atoms with Gasteiger partial charge >= 0.3 is 0 Å². The minimum atomic E-state index is -1.09. The summed E-state index contributed by atoms with van der Waals surface area (Å²) in [7, 11) is 0. The van der Waals surface area contributed by atoms with Gasteiger partial charge < -0.3 is 4.98 Å². The number of benzene rings is 1. The summed E-state index contributed by atoms with van der Waals surface area (Å²) in [6, 6.07) is 2.09. The largest absolute Gasteiger partial charge is 0.313 e. The predicted octanol–water partition coefficient (Wildman–Crippen LogP) is 1.20. The normalized spacial score (nSPS) is 10.6. The standard InChI is InChI=1S/C8H4F2N2O/c9-5-2-1-4-7(6(5)10)11-3-12-8(4)13/h1-3H,(H,11,12,13). The topological polar surface area (TPSA) is 45.8 Å². The zero-order chi connectivity index (χ0) is 9.42. The number of nitrogens with zero attached hydrogens (tertiary/aromatic N) is 1. The smallest absolute Gasteiger partial charge is 0.258 e. The lowest BCUT2D eigenvalue weighted by molar-refractivity contribution is 0.515. The van der Waals surface area contributed by atoms with Crippen molar-refractivity contribution in [1.29, 1.82) is 0 Å². The Bertz CT molecular complexity index is 521. The highest BCUT2D eigenvalue weighted by Gasteiger charge is 2.09. The van der Waals surface area contributed by atoms with Gasteiger partial charge in [0.2, 0.25) is 0 Å². The molecule has 3 nitrogen and oxygen atoms in total. The van der Waals surface area contributed by atoms with Crippen molar-refractivity contribution in [3.8, 4) is 0 Å². The van der Waals surface area contributed by atoms with Gasteiger partial charge in [-0.1, -0.05) is 0 Å². The van der Waals surface area contributed by atoms with Crippen LogP contribution in [-0.2, 0) is 0 Å². The molecule has 0 fully saturated rings. The molecule has 5 heteroatoms. The number of halogens is 2. The van der Waals surface area contributed by atoms with Crippen molar-refractivity contribution in [2.45, 2.75) is 0 Å². The van der Waals surface area contributed by atoms with Crippen LogP contribution in [0.4, 0.5) is 8.78 Å². The maximum Gasteiger partial charge on any atom is 0.258 e. The molecule has 1 aromatic carbocycles. The molecule has 2 aromatic rings. The lowest BCUT2D eigenvalue weighted by Gasteiger charge is -1.96. The van der Waals surface area contributed by atoms with Crippen molar-refractivity contribution in [1.82, 2.24) is 9.97 Å². The Labute approximate surface area is 71.0 Å². The SMILES string of the molecule is O=c1[nH]cnc2c(F)c(F)ccc12. The van der Waals surface area contributed by atoms with Gasteiger partial charge in [0.05, 0.1) is 11.7 Å². The Morgan fingerprint density at radius 3 is 2.85 bits per heavy atom. The molecule has 1 N–H and O–H groups in total. The number of aromatic amines is 1. The molecule has 1 heterocycles. The molecule has 13 heavy (non-hydrogen) atoms. The minimum Gasteiger partial charge on any atom is -0.313 e. The lowest BCUT2D eigenvalue weighted by atomic mass is 10.2. The monoisotopic (exact) mass is 182 g/mol. The molecule has 0 radical (unpaired) electrons. The first-order valence-corrected chi connectivity index (χ1v) is 3.51. The molecular weight excluding hydrogens is 178 g/mol. The van der Waals surface area contributed by atoms with Gasteiger partial charge in [-0.25, -0.2) is 13.8 Å². The molecule has 0 aliphatic carbocycles. The zero-order valence-electron chi connectivity index (χ0n) is 6.34. The summed E-state index contributed by atoms with van der Waals surface area (Å²) in [5, 5.41) is 0.0430. The van der Waals surface area contributed by atoms with Crippen molar-refractivity contribution < 1.29 is 8.78 Å². The van der Waals surface area contributed by atoms with Crippen molar-refractivity contribution in [3.05, 3.63) is 40.4 Å². The van der Waals surface area contributed by atoms with Crippen LogP contribution in [0.2, 0.25) is 0 Å². The van der Waals surface area contributed by atoms with Crippen LogP contribution < -0.4 is 5.56 Å². The van der Waals surface area contributed by atoms with E-state index in [4.69, 9.17) is 0 Å². The Hall–Kier alpha value is -1.78. The molecule has 0 spiro atoms. The van der Waals surface area contributed by atoms with Crippen molar-refractivity contribution in [3.63, 3.8) is 0 Å². The number of rotatable bonds is 0. The molecule has 0 aliphatic rings. The number of nitrogens with one attached hydrogen (secondary N) is 1. The van der Waals surface area contributed by atoms with E-state index in [2.05, 4.69) is 9.97 Å². The van der Waals surface area contributed by atoms with Crippen LogP contribution in [0.3, 0.4) is 0 Å². The predicted molar refractivity (Wildman–Crippen MR) is 42.3 cm³/mol. The van der Waals surface area contributed by atoms with Crippen molar-refractivity contribution in [2.75, 3.05) is 0 Å². The number of H-pyrrole nitrogens is 1. The fourth-order valence-electron chi connectivity index (χ4n) is 1.08. The van der Waals surface area contributed by atoms with Gasteiger partial charge in [0.1, 0.15) is 5.52 Å². The maximum atomic E-state index is 13.0. The highest BCUT2D eigenvalue weighted by Crippen LogP contribution is 2.13. The zero-order valence-corrected chi connectivity index (χ0v) is 6.34. The van der Waals surface area contributed by atoms with Gasteiger partial charge in [0, 0.05) is 0 Å². The number of hydrogen-bond acceptors (Lipinski definition) is 2. The molecule has 0 saturated heterocycles. The quantitative estimate of drug-likeness (QED) is 0.665. The average molecular weight is 182 g/mol. The fourth-order valence-corrected chi connectivity index (χ4v) is 1.08. The van der Waals surface area contributed by atoms with Gasteiger partial charge in [0.25, 0.3) is 5.56 Å². The van der Waals surface area contributed by atoms with Crippen LogP contribution in [-0.4, -0.2) is 9.97 Å². The second kappa shape index (κ2) is 2.62. The third kappa shape index (κ3) is 1.09. The Morgan fingerprint density at radius 2 is 2.08 bits per heavy atom. The molecule has 0 atom stereocenters. The summed E-state index contributed by atoms with van der Waals surface area (Å²) in [6.07, 6.45) is 1.03. The number of fused-ring (bicyclic) bond motifs is 1. The second-order valence-electron chi connectivity index (χ2n) is 2.49. The van der Waals surface area contributed by atoms with Crippen LogP contribution in [0, 0.1) is 11.6 Å². The van der Waals surface area contributed by atoms with Crippen LogP contribution >= 0.6 is 0 Å². The molecule has 0 unspecified atom stereocenters. The van der Waals surface area contributed by atoms with Crippen LogP contribution in [0.15, 0.2) is 23.3 Å². The lowest BCUT2D eigenvalue weighted by Crippen LogP contribution is -2.07. The molecule has 0 aliphatic heterocycles. The minimum absolute atomic E-state index is 0.0430. The summed E-state index contributed by atoms with van der Waals surface area (Å²) in [5.41, 5.74) is -0.729. The van der Waals surface area contributed by atoms with E-state index < -0.39 is 17.2 Å². The Balaban J connectivity index is 3.03. The molecule has 1 aromatic heterocycles. The molecule has 0 saturated carbocycles. The van der Waals surface area contributed by atoms with Crippen molar-refractivity contribution in [2.24, 2.45) is 0 Å². The Morgan fingerprint density at radius 1 is 1.31 bits per heavy atom. The van der Waals surface area contributed by atoms with E-state index in [9.17, 15) is 13.6 Å². The molecule has 66 valence electrons. The summed E-state index contributed by atoms with van der Waals surface area (Å²) in [6.45, 7) is 0. The van der Waals surface area contributed by atoms with Gasteiger partial charge in [-0.15, -0.1) is 0 Å². The summed E-state index contributed by atoms with van der Waals surface area (Å²) < 4.78 is 25.6. The number of hydrogen-bond donors (Lipinski definition) is 1. The third-order valence-corrected chi connectivity index (χ3v) is 1.70. The van der Waals surface area contributed by atoms with Crippen molar-refractivity contribution >= 4 is 10.9 Å². The second-order valence-corrected chi connectivity index (χ2v) is 2.49. The average Bonchev–Trinajstić information content (AvgIpc) is 2.12. The highest BCUT2D eigenvalue weighted by molar-refractivity contribution is 5.77. The van der Waals surface area contributed by atoms with Crippen LogP contribution in [0.25, 0.3) is 10.9 Å². The molecule has 2 rings (SSSR count). The van der Waals surface area contributed by atoms with E-state index in [-0.39, 0.29) is 10.9 Å². The highest BCUT2D eigenvalue weighted by atomic mass is 19.2. The fraction of sp³-hybridized carbons (Fsp3) is 0. The van der Waals surface area contributed by atoms with E-state index >= 15 is 0 Å². The first-order chi connectivity index (χ1) is 6.20. The first kappa shape index (κ1) is 7.85. The first-order valence-electron chi connectivity index (χ1n) is 3.51. The van der Waals surface area contributed by atoms with Gasteiger partial charge in [-0.3, -0.25) is 4.79 Å². The van der Waals surface area contributed by atoms with E-state index in [1.165, 1.54) is 6.07 Å². The molecule has 0 bridgehead atoms. The number of aromatic nitrogens is 2. The third-order valence-electron chi connectivity index (χ3n) is 1.70. The van der Waals surface area contributed by atoms with Gasteiger partial charge in [-0.05, 0) is 12.1 Å². The van der Waals surface area contributed by atoms with E-state index in [0.29, 0.717) is 0 Å². The van der Waals surface area contributed by atoms with E-state index in [0.717, 1.165) is 12.4 Å². The van der Waals surface area contributed by atoms with E-state index in [1.807, 2.05) is 0 Å². The van der Waals surface area contributed by atoms with Crippen LogP contribution in [0.1, 0.15) is 0 Å². The van der Waals surface area contributed by atoms with Gasteiger partial charge in [0.15, 0.2) is 11.6 Å². The van der Waals surface area contributed by atoms with Crippen LogP contribution in [0.5, 0.6) is 0 Å². The summed E-state index contributed by atoms with van der Waals surface area (Å²) in [5.74, 6) is -2.10. The summed E-state index contributed by atoms with van der Waals surface area (Å²) >= 11 is 0. The van der Waals surface area contributed by atoms with E-state index in [1.54, 1.807) is 0 Å².